The molecule has 0 spiro atoms. The van der Waals surface area contributed by atoms with Crippen LogP contribution in [0.5, 0.6) is 0 Å². The minimum Gasteiger partial charge on any atom is -0.430 e. The molecule has 0 saturated carbocycles. The van der Waals surface area contributed by atoms with Crippen LogP contribution in [0.2, 0.25) is 0 Å². The molecule has 0 saturated heterocycles. The van der Waals surface area contributed by atoms with Crippen molar-refractivity contribution in [3.8, 4) is 22.7 Å². The van der Waals surface area contributed by atoms with E-state index in [0.29, 0.717) is 30.0 Å². The molecule has 2 N–H and O–H groups in total. The third kappa shape index (κ3) is 6.87. The summed E-state index contributed by atoms with van der Waals surface area (Å²) in [5, 5.41) is 0. The summed E-state index contributed by atoms with van der Waals surface area (Å²) in [6.07, 6.45) is 1.48. The number of primary amides is 1. The molecule has 0 radical (unpaired) electrons. The van der Waals surface area contributed by atoms with Crippen LogP contribution in [0.1, 0.15) is 49.2 Å². The van der Waals surface area contributed by atoms with Crippen molar-refractivity contribution in [3.05, 3.63) is 102 Å². The molecule has 7 heteroatoms. The lowest BCUT2D eigenvalue weighted by Gasteiger charge is -2.24. The van der Waals surface area contributed by atoms with Gasteiger partial charge in [-0.25, -0.2) is 4.98 Å². The Kier molecular flexibility index (Phi) is 8.71. The molecule has 7 nitrogen and oxygen atoms in total. The van der Waals surface area contributed by atoms with Crippen LogP contribution >= 0.6 is 0 Å². The summed E-state index contributed by atoms with van der Waals surface area (Å²) in [5.41, 5.74) is 7.55. The summed E-state index contributed by atoms with van der Waals surface area (Å²) < 4.78 is 6.07. The van der Waals surface area contributed by atoms with E-state index in [1.165, 1.54) is 4.90 Å². The van der Waals surface area contributed by atoms with E-state index in [0.717, 1.165) is 11.1 Å². The lowest BCUT2D eigenvalue weighted by molar-refractivity contribution is -0.130. The molecule has 4 aromatic rings. The smallest absolute Gasteiger partial charge is 0.298 e. The summed E-state index contributed by atoms with van der Waals surface area (Å²) in [4.78, 5) is 45.2. The van der Waals surface area contributed by atoms with Crippen LogP contribution in [0, 0.1) is 5.41 Å². The first kappa shape index (κ1) is 27.5. The molecule has 0 fully saturated rings. The number of amides is 3. The first-order valence-electron chi connectivity index (χ1n) is 13.1. The molecule has 1 heterocycles. The van der Waals surface area contributed by atoms with Crippen molar-refractivity contribution in [2.45, 2.75) is 39.5 Å². The standard InChI is InChI=1S/C32H33N3O4/c1-32(2,31(33)38)21-20-26(36)35(22-12-15-23-13-6-3-7-14-23)30(37)28-27(24-16-8-4-9-17-24)34-29(39-28)25-18-10-5-11-19-25/h3-11,13-14,16-19H,12,15,20-22H2,1-2H3,(H2,33,38). The number of nitrogens with two attached hydrogens (primary N) is 1. The van der Waals surface area contributed by atoms with Gasteiger partial charge >= 0.3 is 0 Å². The molecule has 0 bridgehead atoms. The van der Waals surface area contributed by atoms with E-state index < -0.39 is 17.2 Å². The van der Waals surface area contributed by atoms with Crippen molar-refractivity contribution >= 4 is 17.7 Å². The molecule has 0 unspecified atom stereocenters. The average Bonchev–Trinajstić information content (AvgIpc) is 3.41. The van der Waals surface area contributed by atoms with Crippen LogP contribution in [0.3, 0.4) is 0 Å². The summed E-state index contributed by atoms with van der Waals surface area (Å²) in [6, 6.07) is 28.5. The molecular weight excluding hydrogens is 490 g/mol. The van der Waals surface area contributed by atoms with Crippen LogP contribution < -0.4 is 5.73 Å². The van der Waals surface area contributed by atoms with Gasteiger partial charge in [0.2, 0.25) is 23.5 Å². The molecule has 3 aromatic carbocycles. The fourth-order valence-corrected chi connectivity index (χ4v) is 4.19. The number of aromatic nitrogens is 1. The number of oxazole rings is 1. The van der Waals surface area contributed by atoms with Crippen LogP contribution in [-0.2, 0) is 16.0 Å². The lowest BCUT2D eigenvalue weighted by atomic mass is 9.87. The maximum atomic E-state index is 14.0. The maximum Gasteiger partial charge on any atom is 0.298 e. The van der Waals surface area contributed by atoms with Gasteiger partial charge in [-0.1, -0.05) is 92.7 Å². The zero-order valence-electron chi connectivity index (χ0n) is 22.3. The Morgan fingerprint density at radius 1 is 0.846 bits per heavy atom. The quantitative estimate of drug-likeness (QED) is 0.263. The number of benzene rings is 3. The van der Waals surface area contributed by atoms with Gasteiger partial charge in [-0.2, -0.15) is 0 Å². The predicted octanol–water partition coefficient (Wildman–Crippen LogP) is 5.90. The monoisotopic (exact) mass is 523 g/mol. The average molecular weight is 524 g/mol. The SMILES string of the molecule is CC(C)(CCC(=O)N(CCCc1ccccc1)C(=O)c1oc(-c2ccccc2)nc1-c1ccccc1)C(N)=O. The topological polar surface area (TPSA) is 106 Å². The number of aryl methyl sites for hydroxylation is 1. The number of rotatable bonds is 11. The van der Waals surface area contributed by atoms with Gasteiger partial charge in [0.25, 0.3) is 5.91 Å². The molecule has 200 valence electrons. The van der Waals surface area contributed by atoms with Crippen molar-refractivity contribution in [3.63, 3.8) is 0 Å². The van der Waals surface area contributed by atoms with Gasteiger partial charge in [0, 0.05) is 29.5 Å². The minimum atomic E-state index is -0.879. The van der Waals surface area contributed by atoms with Gasteiger partial charge in [-0.15, -0.1) is 0 Å². The van der Waals surface area contributed by atoms with Gasteiger partial charge in [-0.3, -0.25) is 19.3 Å². The third-order valence-corrected chi connectivity index (χ3v) is 6.76. The summed E-state index contributed by atoms with van der Waals surface area (Å²) in [5.74, 6) is -1.14. The predicted molar refractivity (Wildman–Crippen MR) is 150 cm³/mol. The molecule has 4 rings (SSSR count). The fraction of sp³-hybridized carbons (Fsp3) is 0.250. The number of nitrogens with zero attached hydrogens (tertiary/aromatic N) is 2. The number of carbonyl (C=O) groups is 3. The van der Waals surface area contributed by atoms with Gasteiger partial charge in [-0.05, 0) is 37.0 Å². The number of imide groups is 1. The van der Waals surface area contributed by atoms with Crippen LogP contribution in [0.25, 0.3) is 22.7 Å². The minimum absolute atomic E-state index is 0.00211. The van der Waals surface area contributed by atoms with E-state index in [-0.39, 0.29) is 31.1 Å². The van der Waals surface area contributed by atoms with E-state index >= 15 is 0 Å². The second-order valence-electron chi connectivity index (χ2n) is 10.1. The third-order valence-electron chi connectivity index (χ3n) is 6.76. The molecule has 0 aliphatic heterocycles. The Balaban J connectivity index is 1.66. The van der Waals surface area contributed by atoms with Crippen molar-refractivity contribution < 1.29 is 18.8 Å². The molecule has 0 aliphatic carbocycles. The van der Waals surface area contributed by atoms with Crippen LogP contribution in [0.15, 0.2) is 95.4 Å². The van der Waals surface area contributed by atoms with Crippen molar-refractivity contribution in [2.24, 2.45) is 11.1 Å². The van der Waals surface area contributed by atoms with Gasteiger partial charge < -0.3 is 10.2 Å². The van der Waals surface area contributed by atoms with Gasteiger partial charge in [0.15, 0.2) is 0 Å². The van der Waals surface area contributed by atoms with E-state index in [4.69, 9.17) is 10.2 Å². The maximum absolute atomic E-state index is 14.0. The van der Waals surface area contributed by atoms with Crippen molar-refractivity contribution in [2.75, 3.05) is 6.54 Å². The Morgan fingerprint density at radius 3 is 2.00 bits per heavy atom. The summed E-state index contributed by atoms with van der Waals surface area (Å²) in [7, 11) is 0. The van der Waals surface area contributed by atoms with Crippen LogP contribution in [-0.4, -0.2) is 34.2 Å². The second-order valence-corrected chi connectivity index (χ2v) is 10.1. The molecule has 0 atom stereocenters. The lowest BCUT2D eigenvalue weighted by Crippen LogP contribution is -2.39. The number of hydrogen-bond acceptors (Lipinski definition) is 5. The highest BCUT2D eigenvalue weighted by Gasteiger charge is 2.32. The highest BCUT2D eigenvalue weighted by molar-refractivity contribution is 6.06. The number of hydrogen-bond donors (Lipinski definition) is 1. The normalized spacial score (nSPS) is 11.2. The Hall–Kier alpha value is -4.52. The zero-order chi connectivity index (χ0) is 27.8. The molecule has 39 heavy (non-hydrogen) atoms. The van der Waals surface area contributed by atoms with E-state index in [1.54, 1.807) is 13.8 Å². The highest BCUT2D eigenvalue weighted by atomic mass is 16.4. The van der Waals surface area contributed by atoms with Crippen molar-refractivity contribution in [1.29, 1.82) is 0 Å². The van der Waals surface area contributed by atoms with E-state index in [1.807, 2.05) is 91.0 Å². The Morgan fingerprint density at radius 2 is 1.41 bits per heavy atom. The fourth-order valence-electron chi connectivity index (χ4n) is 4.19. The van der Waals surface area contributed by atoms with Gasteiger partial charge in [0.1, 0.15) is 5.69 Å². The molecule has 3 amide bonds. The summed E-state index contributed by atoms with van der Waals surface area (Å²) in [6.45, 7) is 3.58. The molecule has 0 aliphatic rings. The molecular formula is C32H33N3O4. The second kappa shape index (κ2) is 12.3. The largest absolute Gasteiger partial charge is 0.430 e. The van der Waals surface area contributed by atoms with E-state index in [2.05, 4.69) is 4.98 Å². The summed E-state index contributed by atoms with van der Waals surface area (Å²) >= 11 is 0. The Bertz CT molecular complexity index is 1410. The van der Waals surface area contributed by atoms with Crippen molar-refractivity contribution in [1.82, 2.24) is 9.88 Å². The first-order chi connectivity index (χ1) is 18.8. The van der Waals surface area contributed by atoms with Crippen LogP contribution in [0.4, 0.5) is 0 Å². The van der Waals surface area contributed by atoms with E-state index in [9.17, 15) is 14.4 Å². The first-order valence-corrected chi connectivity index (χ1v) is 13.1. The Labute approximate surface area is 228 Å². The number of carbonyl (C=O) groups excluding carboxylic acids is 3. The molecule has 1 aromatic heterocycles. The zero-order valence-corrected chi connectivity index (χ0v) is 22.3. The van der Waals surface area contributed by atoms with Gasteiger partial charge in [0.05, 0.1) is 0 Å². The highest BCUT2D eigenvalue weighted by Crippen LogP contribution is 2.31.